The van der Waals surface area contributed by atoms with Crippen molar-refractivity contribution in [2.75, 3.05) is 6.54 Å². The number of aryl methyl sites for hydroxylation is 1. The number of carbonyl (C=O) groups is 2. The van der Waals surface area contributed by atoms with Crippen LogP contribution in [0, 0.1) is 5.82 Å². The fourth-order valence-electron chi connectivity index (χ4n) is 1.97. The number of rotatable bonds is 8. The lowest BCUT2D eigenvalue weighted by Crippen LogP contribution is -2.27. The molecule has 0 radical (unpaired) electrons. The Balaban J connectivity index is 2.65. The van der Waals surface area contributed by atoms with E-state index in [1.807, 2.05) is 0 Å². The lowest BCUT2D eigenvalue weighted by atomic mass is 9.99. The van der Waals surface area contributed by atoms with Gasteiger partial charge in [-0.25, -0.2) is 4.39 Å². The van der Waals surface area contributed by atoms with Crippen molar-refractivity contribution in [2.24, 2.45) is 0 Å². The van der Waals surface area contributed by atoms with E-state index < -0.39 is 24.0 Å². The molecule has 6 nitrogen and oxygen atoms in total. The van der Waals surface area contributed by atoms with Crippen molar-refractivity contribution in [1.82, 2.24) is 5.32 Å². The Kier molecular flexibility index (Phi) is 6.94. The minimum Gasteiger partial charge on any atom is -0.481 e. The van der Waals surface area contributed by atoms with Gasteiger partial charge in [0.15, 0.2) is 0 Å². The Bertz CT molecular complexity index is 535. The highest BCUT2D eigenvalue weighted by atomic mass is 19.1. The average Bonchev–Trinajstić information content (AvgIpc) is 2.44. The van der Waals surface area contributed by atoms with Gasteiger partial charge in [0.2, 0.25) is 5.91 Å². The Morgan fingerprint density at radius 1 is 1.32 bits per heavy atom. The third-order valence-electron chi connectivity index (χ3n) is 3.21. The second-order valence-electron chi connectivity index (χ2n) is 5.03. The highest BCUT2D eigenvalue weighted by molar-refractivity contribution is 5.72. The van der Waals surface area contributed by atoms with Crippen LogP contribution in [0.5, 0.6) is 0 Å². The normalized spacial score (nSPS) is 13.5. The maximum atomic E-state index is 13.8. The summed E-state index contributed by atoms with van der Waals surface area (Å²) in [5.74, 6) is -1.88. The SMILES string of the molecule is CC(=O)NCCC(O)C(O)c1ccc(CCC(=O)O)c(F)c1. The van der Waals surface area contributed by atoms with Crippen molar-refractivity contribution >= 4 is 11.9 Å². The molecule has 1 aromatic rings. The summed E-state index contributed by atoms with van der Waals surface area (Å²) in [5, 5.41) is 30.9. The third kappa shape index (κ3) is 5.79. The number of carboxylic acids is 1. The molecule has 1 aromatic carbocycles. The van der Waals surface area contributed by atoms with Gasteiger partial charge in [0.1, 0.15) is 11.9 Å². The lowest BCUT2D eigenvalue weighted by molar-refractivity contribution is -0.137. The maximum Gasteiger partial charge on any atom is 0.303 e. The predicted octanol–water partition coefficient (Wildman–Crippen LogP) is 0.763. The summed E-state index contributed by atoms with van der Waals surface area (Å²) in [6.07, 6.45) is -2.42. The molecule has 122 valence electrons. The first kappa shape index (κ1) is 18.1. The van der Waals surface area contributed by atoms with Gasteiger partial charge in [0.05, 0.1) is 6.10 Å². The van der Waals surface area contributed by atoms with Crippen molar-refractivity contribution in [3.05, 3.63) is 35.1 Å². The van der Waals surface area contributed by atoms with Gasteiger partial charge in [0, 0.05) is 19.9 Å². The molecule has 7 heteroatoms. The molecule has 0 saturated heterocycles. The van der Waals surface area contributed by atoms with Crippen molar-refractivity contribution in [3.8, 4) is 0 Å². The molecule has 2 unspecified atom stereocenters. The Hall–Kier alpha value is -1.99. The van der Waals surface area contributed by atoms with Gasteiger partial charge < -0.3 is 20.6 Å². The summed E-state index contributed by atoms with van der Waals surface area (Å²) in [4.78, 5) is 21.2. The van der Waals surface area contributed by atoms with E-state index >= 15 is 0 Å². The maximum absolute atomic E-state index is 13.8. The smallest absolute Gasteiger partial charge is 0.303 e. The largest absolute Gasteiger partial charge is 0.481 e. The van der Waals surface area contributed by atoms with E-state index in [0.29, 0.717) is 0 Å². The van der Waals surface area contributed by atoms with E-state index in [-0.39, 0.29) is 42.8 Å². The first-order valence-corrected chi connectivity index (χ1v) is 6.92. The molecule has 0 saturated carbocycles. The van der Waals surface area contributed by atoms with E-state index in [9.17, 15) is 24.2 Å². The predicted molar refractivity (Wildman–Crippen MR) is 76.6 cm³/mol. The average molecular weight is 313 g/mol. The number of aliphatic carboxylic acids is 1. The zero-order valence-corrected chi connectivity index (χ0v) is 12.3. The lowest BCUT2D eigenvalue weighted by Gasteiger charge is -2.19. The second kappa shape index (κ2) is 8.45. The van der Waals surface area contributed by atoms with Crippen molar-refractivity contribution in [3.63, 3.8) is 0 Å². The number of carboxylic acid groups (broad SMARTS) is 1. The molecule has 2 atom stereocenters. The van der Waals surface area contributed by atoms with Crippen LogP contribution in [0.15, 0.2) is 18.2 Å². The second-order valence-corrected chi connectivity index (χ2v) is 5.03. The topological polar surface area (TPSA) is 107 Å². The van der Waals surface area contributed by atoms with Crippen LogP contribution in [0.3, 0.4) is 0 Å². The number of benzene rings is 1. The summed E-state index contributed by atoms with van der Waals surface area (Å²) in [6, 6.07) is 3.94. The first-order valence-electron chi connectivity index (χ1n) is 6.92. The number of halogens is 1. The molecule has 0 spiro atoms. The van der Waals surface area contributed by atoms with Gasteiger partial charge in [-0.15, -0.1) is 0 Å². The minimum absolute atomic E-state index is 0.0582. The van der Waals surface area contributed by atoms with Crippen LogP contribution in [-0.2, 0) is 16.0 Å². The first-order chi connectivity index (χ1) is 10.3. The van der Waals surface area contributed by atoms with Crippen LogP contribution in [0.1, 0.15) is 37.0 Å². The fraction of sp³-hybridized carbons (Fsp3) is 0.467. The zero-order valence-electron chi connectivity index (χ0n) is 12.3. The summed E-state index contributed by atoms with van der Waals surface area (Å²) in [6.45, 7) is 1.54. The van der Waals surface area contributed by atoms with Crippen LogP contribution in [-0.4, -0.2) is 39.8 Å². The Morgan fingerprint density at radius 2 is 2.00 bits per heavy atom. The monoisotopic (exact) mass is 313 g/mol. The molecule has 1 amide bonds. The van der Waals surface area contributed by atoms with Crippen molar-refractivity contribution < 1.29 is 29.3 Å². The number of nitrogens with one attached hydrogen (secondary N) is 1. The molecule has 0 fully saturated rings. The van der Waals surface area contributed by atoms with Gasteiger partial charge in [-0.3, -0.25) is 9.59 Å². The van der Waals surface area contributed by atoms with Crippen LogP contribution in [0.2, 0.25) is 0 Å². The van der Waals surface area contributed by atoms with Crippen LogP contribution < -0.4 is 5.32 Å². The molecule has 22 heavy (non-hydrogen) atoms. The number of hydrogen-bond donors (Lipinski definition) is 4. The van der Waals surface area contributed by atoms with Gasteiger partial charge in [-0.2, -0.15) is 0 Å². The number of aliphatic hydroxyl groups is 2. The van der Waals surface area contributed by atoms with Gasteiger partial charge in [-0.05, 0) is 30.0 Å². The Labute approximate surface area is 127 Å². The highest BCUT2D eigenvalue weighted by Crippen LogP contribution is 2.22. The third-order valence-corrected chi connectivity index (χ3v) is 3.21. The molecular formula is C15H20FNO5. The van der Waals surface area contributed by atoms with Gasteiger partial charge >= 0.3 is 5.97 Å². The van der Waals surface area contributed by atoms with E-state index in [0.717, 1.165) is 6.07 Å². The fourth-order valence-corrected chi connectivity index (χ4v) is 1.97. The molecule has 0 bridgehead atoms. The number of carbonyl (C=O) groups excluding carboxylic acids is 1. The van der Waals surface area contributed by atoms with Crippen LogP contribution in [0.25, 0.3) is 0 Å². The van der Waals surface area contributed by atoms with E-state index in [2.05, 4.69) is 5.32 Å². The molecule has 1 rings (SSSR count). The molecule has 0 heterocycles. The van der Waals surface area contributed by atoms with Crippen molar-refractivity contribution in [2.45, 2.75) is 38.4 Å². The minimum atomic E-state index is -1.28. The number of hydrogen-bond acceptors (Lipinski definition) is 4. The van der Waals surface area contributed by atoms with Gasteiger partial charge in [0.25, 0.3) is 0 Å². The molecule has 0 aliphatic heterocycles. The Morgan fingerprint density at radius 3 is 2.55 bits per heavy atom. The molecule has 0 aliphatic rings. The molecular weight excluding hydrogens is 293 g/mol. The van der Waals surface area contributed by atoms with Crippen molar-refractivity contribution in [1.29, 1.82) is 0 Å². The zero-order chi connectivity index (χ0) is 16.7. The summed E-state index contributed by atoms with van der Waals surface area (Å²) in [7, 11) is 0. The highest BCUT2D eigenvalue weighted by Gasteiger charge is 2.19. The molecule has 0 aliphatic carbocycles. The summed E-state index contributed by atoms with van der Waals surface area (Å²) in [5.41, 5.74) is 0.443. The van der Waals surface area contributed by atoms with Gasteiger partial charge in [-0.1, -0.05) is 12.1 Å². The molecule has 0 aromatic heterocycles. The van der Waals surface area contributed by atoms with Crippen LogP contribution >= 0.6 is 0 Å². The number of aliphatic hydroxyl groups excluding tert-OH is 2. The summed E-state index contributed by atoms with van der Waals surface area (Å²) < 4.78 is 13.8. The molecule has 4 N–H and O–H groups in total. The van der Waals surface area contributed by atoms with E-state index in [1.165, 1.54) is 19.1 Å². The van der Waals surface area contributed by atoms with Crippen LogP contribution in [0.4, 0.5) is 4.39 Å². The van der Waals surface area contributed by atoms with E-state index in [1.54, 1.807) is 0 Å². The number of amides is 1. The standard InChI is InChI=1S/C15H20FNO5/c1-9(18)17-7-6-13(19)15(22)11-3-2-10(12(16)8-11)4-5-14(20)21/h2-3,8,13,15,19,22H,4-7H2,1H3,(H,17,18)(H,20,21). The quantitative estimate of drug-likeness (QED) is 0.567. The van der Waals surface area contributed by atoms with E-state index in [4.69, 9.17) is 5.11 Å². The summed E-state index contributed by atoms with van der Waals surface area (Å²) >= 11 is 0.